The number of amides is 1. The quantitative estimate of drug-likeness (QED) is 0.720. The van der Waals surface area contributed by atoms with Crippen LogP contribution in [0.4, 0.5) is 11.4 Å². The SMILES string of the molecule is O=C(c1cccs1)N1CCc2ccc(NCc3cnc(Cl)s3)cc21. The van der Waals surface area contributed by atoms with Crippen LogP contribution in [-0.4, -0.2) is 17.4 Å². The minimum atomic E-state index is 0.0788. The van der Waals surface area contributed by atoms with E-state index >= 15 is 0 Å². The molecule has 3 heterocycles. The molecular weight excluding hydrogens is 362 g/mol. The van der Waals surface area contributed by atoms with Gasteiger partial charge in [0.15, 0.2) is 4.47 Å². The van der Waals surface area contributed by atoms with E-state index in [-0.39, 0.29) is 5.91 Å². The summed E-state index contributed by atoms with van der Waals surface area (Å²) in [5.74, 6) is 0.0788. The predicted molar refractivity (Wildman–Crippen MR) is 101 cm³/mol. The van der Waals surface area contributed by atoms with Crippen molar-refractivity contribution in [2.24, 2.45) is 0 Å². The lowest BCUT2D eigenvalue weighted by atomic mass is 10.1. The Labute approximate surface area is 152 Å². The van der Waals surface area contributed by atoms with Crippen LogP contribution in [0.5, 0.6) is 0 Å². The zero-order valence-electron chi connectivity index (χ0n) is 12.7. The average Bonchev–Trinajstić information content (AvgIpc) is 3.32. The van der Waals surface area contributed by atoms with Gasteiger partial charge in [0.25, 0.3) is 5.91 Å². The fourth-order valence-corrected chi connectivity index (χ4v) is 4.38. The highest BCUT2D eigenvalue weighted by Crippen LogP contribution is 2.33. The Balaban J connectivity index is 1.53. The maximum absolute atomic E-state index is 12.7. The number of carbonyl (C=O) groups is 1. The molecule has 1 amide bonds. The number of thiazole rings is 1. The number of nitrogens with zero attached hydrogens (tertiary/aromatic N) is 2. The van der Waals surface area contributed by atoms with E-state index < -0.39 is 0 Å². The summed E-state index contributed by atoms with van der Waals surface area (Å²) in [6.45, 7) is 1.40. The molecule has 0 atom stereocenters. The Morgan fingerprint density at radius 3 is 3.04 bits per heavy atom. The Morgan fingerprint density at radius 1 is 1.38 bits per heavy atom. The molecule has 0 saturated heterocycles. The molecule has 4 rings (SSSR count). The third kappa shape index (κ3) is 3.05. The van der Waals surface area contributed by atoms with Crippen molar-refractivity contribution in [2.75, 3.05) is 16.8 Å². The number of benzene rings is 1. The maximum atomic E-state index is 12.7. The van der Waals surface area contributed by atoms with Gasteiger partial charge in [-0.2, -0.15) is 0 Å². The summed E-state index contributed by atoms with van der Waals surface area (Å²) in [6.07, 6.45) is 2.68. The van der Waals surface area contributed by atoms with Crippen molar-refractivity contribution in [3.05, 3.63) is 61.7 Å². The van der Waals surface area contributed by atoms with Crippen LogP contribution < -0.4 is 10.2 Å². The lowest BCUT2D eigenvalue weighted by Gasteiger charge is -2.17. The number of hydrogen-bond acceptors (Lipinski definition) is 5. The van der Waals surface area contributed by atoms with E-state index in [1.165, 1.54) is 28.2 Å². The molecule has 122 valence electrons. The lowest BCUT2D eigenvalue weighted by molar-refractivity contribution is 0.0993. The van der Waals surface area contributed by atoms with Crippen LogP contribution in [-0.2, 0) is 13.0 Å². The number of thiophene rings is 1. The lowest BCUT2D eigenvalue weighted by Crippen LogP contribution is -2.28. The van der Waals surface area contributed by atoms with Crippen molar-refractivity contribution in [1.29, 1.82) is 0 Å². The van der Waals surface area contributed by atoms with Crippen LogP contribution in [0.1, 0.15) is 20.1 Å². The molecule has 0 spiro atoms. The summed E-state index contributed by atoms with van der Waals surface area (Å²) < 4.78 is 0.550. The number of carbonyl (C=O) groups excluding carboxylic acids is 1. The highest BCUT2D eigenvalue weighted by atomic mass is 35.5. The summed E-state index contributed by atoms with van der Waals surface area (Å²) >= 11 is 8.80. The summed E-state index contributed by atoms with van der Waals surface area (Å²) in [4.78, 5) is 20.4. The first-order valence-corrected chi connectivity index (χ1v) is 9.60. The molecule has 0 radical (unpaired) electrons. The van der Waals surface area contributed by atoms with Crippen LogP contribution in [0.2, 0.25) is 4.47 Å². The van der Waals surface area contributed by atoms with Gasteiger partial charge in [-0.25, -0.2) is 4.98 Å². The summed E-state index contributed by atoms with van der Waals surface area (Å²) in [5.41, 5.74) is 3.20. The normalized spacial score (nSPS) is 13.1. The van der Waals surface area contributed by atoms with E-state index in [9.17, 15) is 4.79 Å². The van der Waals surface area contributed by atoms with Crippen molar-refractivity contribution in [3.8, 4) is 0 Å². The number of nitrogens with one attached hydrogen (secondary N) is 1. The van der Waals surface area contributed by atoms with Crippen LogP contribution in [0.3, 0.4) is 0 Å². The number of rotatable bonds is 4. The monoisotopic (exact) mass is 375 g/mol. The predicted octanol–water partition coefficient (Wildman–Crippen LogP) is 4.67. The average molecular weight is 376 g/mol. The number of fused-ring (bicyclic) bond motifs is 1. The number of anilines is 2. The van der Waals surface area contributed by atoms with Crippen LogP contribution in [0.25, 0.3) is 0 Å². The molecule has 0 fully saturated rings. The van der Waals surface area contributed by atoms with Gasteiger partial charge in [-0.05, 0) is 35.6 Å². The fourth-order valence-electron chi connectivity index (χ4n) is 2.79. The summed E-state index contributed by atoms with van der Waals surface area (Å²) in [7, 11) is 0. The van der Waals surface area contributed by atoms with Crippen molar-refractivity contribution < 1.29 is 4.79 Å². The zero-order chi connectivity index (χ0) is 16.5. The van der Waals surface area contributed by atoms with Crippen LogP contribution in [0, 0.1) is 0 Å². The van der Waals surface area contributed by atoms with E-state index in [1.54, 1.807) is 6.20 Å². The molecule has 1 aliphatic rings. The first-order chi connectivity index (χ1) is 11.7. The van der Waals surface area contributed by atoms with E-state index in [0.717, 1.165) is 34.1 Å². The Hall–Kier alpha value is -1.89. The first kappa shape index (κ1) is 15.6. The van der Waals surface area contributed by atoms with Gasteiger partial charge in [-0.15, -0.1) is 22.7 Å². The van der Waals surface area contributed by atoms with E-state index in [4.69, 9.17) is 11.6 Å². The van der Waals surface area contributed by atoms with Crippen LogP contribution in [0.15, 0.2) is 41.9 Å². The number of aromatic nitrogens is 1. The van der Waals surface area contributed by atoms with Crippen molar-refractivity contribution in [1.82, 2.24) is 4.98 Å². The molecule has 7 heteroatoms. The van der Waals surface area contributed by atoms with Gasteiger partial charge in [0.05, 0.1) is 11.4 Å². The highest BCUT2D eigenvalue weighted by Gasteiger charge is 2.26. The molecule has 24 heavy (non-hydrogen) atoms. The van der Waals surface area contributed by atoms with Gasteiger partial charge in [-0.1, -0.05) is 23.7 Å². The smallest absolute Gasteiger partial charge is 0.268 e. The molecule has 0 bridgehead atoms. The second-order valence-corrected chi connectivity index (χ2v) is 8.11. The van der Waals surface area contributed by atoms with Gasteiger partial charge >= 0.3 is 0 Å². The van der Waals surface area contributed by atoms with E-state index in [1.807, 2.05) is 22.4 Å². The van der Waals surface area contributed by atoms with Crippen molar-refractivity contribution in [2.45, 2.75) is 13.0 Å². The van der Waals surface area contributed by atoms with Crippen molar-refractivity contribution in [3.63, 3.8) is 0 Å². The van der Waals surface area contributed by atoms with Gasteiger partial charge in [-0.3, -0.25) is 4.79 Å². The molecule has 0 aliphatic carbocycles. The minimum Gasteiger partial charge on any atom is -0.380 e. The first-order valence-electron chi connectivity index (χ1n) is 7.53. The van der Waals surface area contributed by atoms with Gasteiger partial charge in [0.2, 0.25) is 0 Å². The molecule has 1 N–H and O–H groups in total. The maximum Gasteiger partial charge on any atom is 0.268 e. The summed E-state index contributed by atoms with van der Waals surface area (Å²) in [6, 6.07) is 9.99. The number of hydrogen-bond donors (Lipinski definition) is 1. The van der Waals surface area contributed by atoms with E-state index in [0.29, 0.717) is 11.0 Å². The standard InChI is InChI=1S/C17H14ClN3OS2/c18-17-20-10-13(24-17)9-19-12-4-3-11-5-6-21(14(11)8-12)16(22)15-2-1-7-23-15/h1-4,7-8,10,19H,5-6,9H2. The van der Waals surface area contributed by atoms with Crippen molar-refractivity contribution >= 4 is 51.6 Å². The summed E-state index contributed by atoms with van der Waals surface area (Å²) in [5, 5.41) is 5.31. The molecular formula is C17H14ClN3OS2. The van der Waals surface area contributed by atoms with Gasteiger partial charge < -0.3 is 10.2 Å². The Morgan fingerprint density at radius 2 is 2.29 bits per heavy atom. The Bertz CT molecular complexity index is 876. The molecule has 0 saturated carbocycles. The number of halogens is 1. The van der Waals surface area contributed by atoms with Gasteiger partial charge in [0, 0.05) is 29.0 Å². The third-order valence-corrected chi connectivity index (χ3v) is 5.92. The zero-order valence-corrected chi connectivity index (χ0v) is 15.0. The highest BCUT2D eigenvalue weighted by molar-refractivity contribution is 7.15. The second kappa shape index (κ2) is 6.55. The largest absolute Gasteiger partial charge is 0.380 e. The third-order valence-electron chi connectivity index (χ3n) is 3.95. The fraction of sp³-hybridized carbons (Fsp3) is 0.176. The second-order valence-electron chi connectivity index (χ2n) is 5.46. The minimum absolute atomic E-state index is 0.0788. The molecule has 2 aromatic heterocycles. The Kier molecular flexibility index (Phi) is 4.26. The molecule has 1 aromatic carbocycles. The molecule has 1 aliphatic heterocycles. The molecule has 0 unspecified atom stereocenters. The van der Waals surface area contributed by atoms with Crippen LogP contribution >= 0.6 is 34.3 Å². The van der Waals surface area contributed by atoms with Gasteiger partial charge in [0.1, 0.15) is 0 Å². The molecule has 3 aromatic rings. The molecule has 4 nitrogen and oxygen atoms in total. The van der Waals surface area contributed by atoms with E-state index in [2.05, 4.69) is 28.5 Å². The topological polar surface area (TPSA) is 45.2 Å².